The van der Waals surface area contributed by atoms with E-state index >= 15 is 0 Å². The summed E-state index contributed by atoms with van der Waals surface area (Å²) >= 11 is 0. The molecule has 0 spiro atoms. The van der Waals surface area contributed by atoms with Gasteiger partial charge in [-0.3, -0.25) is 9.89 Å². The van der Waals surface area contributed by atoms with Crippen molar-refractivity contribution in [1.29, 1.82) is 0 Å². The van der Waals surface area contributed by atoms with Gasteiger partial charge in [0.1, 0.15) is 5.75 Å². The number of H-pyrrole nitrogens is 1. The summed E-state index contributed by atoms with van der Waals surface area (Å²) < 4.78 is 5.52. The monoisotopic (exact) mass is 309 g/mol. The Morgan fingerprint density at radius 2 is 2.00 bits per heavy atom. The molecule has 0 saturated heterocycles. The predicted octanol–water partition coefficient (Wildman–Crippen LogP) is 3.70. The second kappa shape index (κ2) is 6.52. The number of carbonyl (C=O) groups is 1. The third-order valence-corrected chi connectivity index (χ3v) is 3.64. The number of hydrogen-bond acceptors (Lipinski definition) is 3. The van der Waals surface area contributed by atoms with Crippen molar-refractivity contribution in [3.05, 3.63) is 54.2 Å². The molecule has 5 nitrogen and oxygen atoms in total. The number of aromatic amines is 1. The van der Waals surface area contributed by atoms with Crippen molar-refractivity contribution >= 4 is 22.5 Å². The summed E-state index contributed by atoms with van der Waals surface area (Å²) in [5, 5.41) is 10.6. The molecule has 0 atom stereocenters. The first-order valence-electron chi connectivity index (χ1n) is 7.57. The van der Waals surface area contributed by atoms with Crippen LogP contribution in [0, 0.1) is 0 Å². The number of fused-ring (bicyclic) bond motifs is 1. The standard InChI is InChI=1S/C18H19N3O2/c1-12(2)13-4-7-16(8-5-13)23-11-18(22)20-15-6-3-14-10-19-21-17(14)9-15/h3-10,12H,11H2,1-2H3,(H,19,21)(H,20,22). The van der Waals surface area contributed by atoms with Crippen molar-refractivity contribution in [2.45, 2.75) is 19.8 Å². The lowest BCUT2D eigenvalue weighted by Gasteiger charge is -2.09. The summed E-state index contributed by atoms with van der Waals surface area (Å²) in [6, 6.07) is 13.4. The van der Waals surface area contributed by atoms with E-state index in [4.69, 9.17) is 4.74 Å². The molecule has 3 aromatic rings. The van der Waals surface area contributed by atoms with E-state index in [1.807, 2.05) is 42.5 Å². The van der Waals surface area contributed by atoms with Crippen LogP contribution in [0.1, 0.15) is 25.3 Å². The number of amides is 1. The second-order valence-electron chi connectivity index (χ2n) is 5.73. The summed E-state index contributed by atoms with van der Waals surface area (Å²) in [6.45, 7) is 4.25. The first-order valence-corrected chi connectivity index (χ1v) is 7.57. The van der Waals surface area contributed by atoms with Crippen LogP contribution in [0.15, 0.2) is 48.7 Å². The molecule has 1 aromatic heterocycles. The number of nitrogens with zero attached hydrogens (tertiary/aromatic N) is 1. The topological polar surface area (TPSA) is 67.0 Å². The third kappa shape index (κ3) is 3.69. The summed E-state index contributed by atoms with van der Waals surface area (Å²) in [4.78, 5) is 12.0. The maximum absolute atomic E-state index is 12.0. The van der Waals surface area contributed by atoms with Crippen LogP contribution in [0.2, 0.25) is 0 Å². The number of carbonyl (C=O) groups excluding carboxylic acids is 1. The molecule has 0 aliphatic heterocycles. The Morgan fingerprint density at radius 3 is 2.74 bits per heavy atom. The molecule has 0 fully saturated rings. The van der Waals surface area contributed by atoms with Crippen LogP contribution in [-0.4, -0.2) is 22.7 Å². The fraction of sp³-hybridized carbons (Fsp3) is 0.222. The number of nitrogens with one attached hydrogen (secondary N) is 2. The lowest BCUT2D eigenvalue weighted by Crippen LogP contribution is -2.20. The van der Waals surface area contributed by atoms with Crippen molar-refractivity contribution in [3.8, 4) is 5.75 Å². The number of rotatable bonds is 5. The molecular weight excluding hydrogens is 290 g/mol. The summed E-state index contributed by atoms with van der Waals surface area (Å²) in [6.07, 6.45) is 1.74. The van der Waals surface area contributed by atoms with Gasteiger partial charge in [-0.05, 0) is 41.8 Å². The molecule has 3 rings (SSSR count). The largest absolute Gasteiger partial charge is 0.484 e. The van der Waals surface area contributed by atoms with E-state index in [1.165, 1.54) is 5.56 Å². The van der Waals surface area contributed by atoms with E-state index in [9.17, 15) is 4.79 Å². The number of ether oxygens (including phenoxy) is 1. The highest BCUT2D eigenvalue weighted by Gasteiger charge is 2.06. The molecule has 0 aliphatic carbocycles. The Kier molecular flexibility index (Phi) is 4.28. The van der Waals surface area contributed by atoms with Gasteiger partial charge in [0, 0.05) is 11.1 Å². The first kappa shape index (κ1) is 15.1. The molecule has 0 aliphatic rings. The highest BCUT2D eigenvalue weighted by Crippen LogP contribution is 2.19. The zero-order valence-electron chi connectivity index (χ0n) is 13.2. The second-order valence-corrected chi connectivity index (χ2v) is 5.73. The van der Waals surface area contributed by atoms with Gasteiger partial charge < -0.3 is 10.1 Å². The van der Waals surface area contributed by atoms with E-state index in [0.717, 1.165) is 10.9 Å². The molecule has 0 bridgehead atoms. The Morgan fingerprint density at radius 1 is 1.22 bits per heavy atom. The quantitative estimate of drug-likeness (QED) is 0.755. The minimum absolute atomic E-state index is 0.0258. The minimum Gasteiger partial charge on any atom is -0.484 e. The van der Waals surface area contributed by atoms with Crippen molar-refractivity contribution < 1.29 is 9.53 Å². The van der Waals surface area contributed by atoms with Gasteiger partial charge in [-0.2, -0.15) is 5.10 Å². The predicted molar refractivity (Wildman–Crippen MR) is 90.7 cm³/mol. The molecule has 23 heavy (non-hydrogen) atoms. The fourth-order valence-corrected chi connectivity index (χ4v) is 2.31. The van der Waals surface area contributed by atoms with Crippen LogP contribution < -0.4 is 10.1 Å². The van der Waals surface area contributed by atoms with Crippen LogP contribution in [0.5, 0.6) is 5.75 Å². The summed E-state index contributed by atoms with van der Waals surface area (Å²) in [5.74, 6) is 0.968. The molecule has 2 N–H and O–H groups in total. The molecule has 1 amide bonds. The van der Waals surface area contributed by atoms with Gasteiger partial charge in [-0.25, -0.2) is 0 Å². The van der Waals surface area contributed by atoms with Crippen LogP contribution >= 0.6 is 0 Å². The number of hydrogen-bond donors (Lipinski definition) is 2. The molecular formula is C18H19N3O2. The average molecular weight is 309 g/mol. The zero-order valence-corrected chi connectivity index (χ0v) is 13.2. The maximum atomic E-state index is 12.0. The van der Waals surface area contributed by atoms with Gasteiger partial charge >= 0.3 is 0 Å². The van der Waals surface area contributed by atoms with Crippen molar-refractivity contribution in [2.75, 3.05) is 11.9 Å². The van der Waals surface area contributed by atoms with Gasteiger partial charge in [0.2, 0.25) is 0 Å². The molecule has 0 saturated carbocycles. The van der Waals surface area contributed by atoms with Gasteiger partial charge in [0.25, 0.3) is 5.91 Å². The summed E-state index contributed by atoms with van der Waals surface area (Å²) in [7, 11) is 0. The molecule has 5 heteroatoms. The Labute approximate surface area is 134 Å². The maximum Gasteiger partial charge on any atom is 0.262 e. The SMILES string of the molecule is CC(C)c1ccc(OCC(=O)Nc2ccc3cn[nH]c3c2)cc1. The fourth-order valence-electron chi connectivity index (χ4n) is 2.31. The molecule has 0 radical (unpaired) electrons. The average Bonchev–Trinajstić information content (AvgIpc) is 3.01. The first-order chi connectivity index (χ1) is 11.1. The lowest BCUT2D eigenvalue weighted by molar-refractivity contribution is -0.118. The van der Waals surface area contributed by atoms with Crippen LogP contribution in [0.3, 0.4) is 0 Å². The van der Waals surface area contributed by atoms with Crippen molar-refractivity contribution in [3.63, 3.8) is 0 Å². The van der Waals surface area contributed by atoms with E-state index in [2.05, 4.69) is 29.4 Å². The van der Waals surface area contributed by atoms with E-state index in [-0.39, 0.29) is 12.5 Å². The van der Waals surface area contributed by atoms with Crippen molar-refractivity contribution in [1.82, 2.24) is 10.2 Å². The number of aromatic nitrogens is 2. The Balaban J connectivity index is 1.56. The van der Waals surface area contributed by atoms with E-state index in [0.29, 0.717) is 17.4 Å². The van der Waals surface area contributed by atoms with Crippen LogP contribution in [0.25, 0.3) is 10.9 Å². The Bertz CT molecular complexity index is 807. The molecule has 1 heterocycles. The smallest absolute Gasteiger partial charge is 0.262 e. The highest BCUT2D eigenvalue weighted by atomic mass is 16.5. The Hall–Kier alpha value is -2.82. The van der Waals surface area contributed by atoms with Gasteiger partial charge in [0.05, 0.1) is 11.7 Å². The highest BCUT2D eigenvalue weighted by molar-refractivity contribution is 5.94. The number of anilines is 1. The normalized spacial score (nSPS) is 10.9. The summed E-state index contributed by atoms with van der Waals surface area (Å²) in [5.41, 5.74) is 2.84. The third-order valence-electron chi connectivity index (χ3n) is 3.64. The molecule has 118 valence electrons. The molecule has 2 aromatic carbocycles. The lowest BCUT2D eigenvalue weighted by atomic mass is 10.0. The van der Waals surface area contributed by atoms with Crippen LogP contribution in [-0.2, 0) is 4.79 Å². The van der Waals surface area contributed by atoms with E-state index < -0.39 is 0 Å². The zero-order chi connectivity index (χ0) is 16.2. The van der Waals surface area contributed by atoms with Gasteiger partial charge in [0.15, 0.2) is 6.61 Å². The van der Waals surface area contributed by atoms with Gasteiger partial charge in [-0.15, -0.1) is 0 Å². The minimum atomic E-state index is -0.197. The van der Waals surface area contributed by atoms with E-state index in [1.54, 1.807) is 6.20 Å². The number of benzene rings is 2. The van der Waals surface area contributed by atoms with Crippen molar-refractivity contribution in [2.24, 2.45) is 0 Å². The molecule has 0 unspecified atom stereocenters. The van der Waals surface area contributed by atoms with Gasteiger partial charge in [-0.1, -0.05) is 26.0 Å². The van der Waals surface area contributed by atoms with Crippen LogP contribution in [0.4, 0.5) is 5.69 Å².